The highest BCUT2D eigenvalue weighted by Crippen LogP contribution is 2.30. The number of nitrogens with two attached hydrogens (primary N) is 1. The van der Waals surface area contributed by atoms with E-state index in [0.29, 0.717) is 12.1 Å². The predicted molar refractivity (Wildman–Crippen MR) is 51.2 cm³/mol. The molecule has 3 nitrogen and oxygen atoms in total. The number of fused-ring (bicyclic) bond motifs is 1. The Balaban J connectivity index is 2.18. The normalized spacial score (nSPS) is 40.3. The summed E-state index contributed by atoms with van der Waals surface area (Å²) in [6, 6.07) is 0.684. The molecule has 3 heteroatoms. The zero-order valence-electron chi connectivity index (χ0n) is 8.20. The van der Waals surface area contributed by atoms with Crippen molar-refractivity contribution in [3.8, 4) is 0 Å². The van der Waals surface area contributed by atoms with Crippen molar-refractivity contribution in [3.63, 3.8) is 0 Å². The molecule has 0 aromatic carbocycles. The molecule has 0 bridgehead atoms. The van der Waals surface area contributed by atoms with E-state index >= 15 is 0 Å². The lowest BCUT2D eigenvalue weighted by atomic mass is 10.1. The Hall–Kier alpha value is -0.570. The Morgan fingerprint density at radius 2 is 2.08 bits per heavy atom. The molecule has 2 heterocycles. The zero-order chi connectivity index (χ0) is 9.42. The first kappa shape index (κ1) is 9.00. The van der Waals surface area contributed by atoms with E-state index in [1.807, 2.05) is 4.90 Å². The molecule has 0 aromatic heterocycles. The average Bonchev–Trinajstić information content (AvgIpc) is 2.39. The molecule has 2 rings (SSSR count). The van der Waals surface area contributed by atoms with E-state index in [4.69, 9.17) is 5.73 Å². The van der Waals surface area contributed by atoms with Crippen LogP contribution in [0.25, 0.3) is 0 Å². The molecule has 2 aliphatic rings. The lowest BCUT2D eigenvalue weighted by Crippen LogP contribution is -2.46. The van der Waals surface area contributed by atoms with Crippen molar-refractivity contribution < 1.29 is 4.79 Å². The van der Waals surface area contributed by atoms with E-state index in [1.54, 1.807) is 0 Å². The van der Waals surface area contributed by atoms with E-state index in [0.717, 1.165) is 25.7 Å². The number of carbonyl (C=O) groups excluding carboxylic acids is 1. The summed E-state index contributed by atoms with van der Waals surface area (Å²) in [5.74, 6) is 0.188. The van der Waals surface area contributed by atoms with Crippen molar-refractivity contribution in [2.75, 3.05) is 0 Å². The Bertz CT molecular complexity index is 217. The van der Waals surface area contributed by atoms with Gasteiger partial charge < -0.3 is 10.6 Å². The fourth-order valence-electron chi connectivity index (χ4n) is 2.64. The molecule has 0 saturated carbocycles. The molecular weight excluding hydrogens is 164 g/mol. The van der Waals surface area contributed by atoms with Gasteiger partial charge in [-0.05, 0) is 39.0 Å². The van der Waals surface area contributed by atoms with Crippen LogP contribution in [0.1, 0.15) is 39.0 Å². The molecule has 0 aliphatic carbocycles. The Kier molecular flexibility index (Phi) is 2.28. The van der Waals surface area contributed by atoms with E-state index in [-0.39, 0.29) is 11.9 Å². The average molecular weight is 182 g/mol. The standard InChI is InChI=1S/C10H18N2O/c1-7-5-6-8-3-2-4-9(11)10(13)12(7)8/h7-9H,2-6,11H2,1H3/t7-,8?,9?/m1/s1. The van der Waals surface area contributed by atoms with Crippen LogP contribution in [0.4, 0.5) is 0 Å². The third kappa shape index (κ3) is 1.46. The summed E-state index contributed by atoms with van der Waals surface area (Å²) in [6.07, 6.45) is 5.48. The van der Waals surface area contributed by atoms with Gasteiger partial charge in [0, 0.05) is 12.1 Å². The first-order valence-corrected chi connectivity index (χ1v) is 5.28. The second-order valence-electron chi connectivity index (χ2n) is 4.36. The number of carbonyl (C=O) groups is 1. The van der Waals surface area contributed by atoms with Gasteiger partial charge in [-0.2, -0.15) is 0 Å². The van der Waals surface area contributed by atoms with Crippen LogP contribution in [0.15, 0.2) is 0 Å². The lowest BCUT2D eigenvalue weighted by Gasteiger charge is -2.27. The van der Waals surface area contributed by atoms with Gasteiger partial charge in [-0.1, -0.05) is 0 Å². The Morgan fingerprint density at radius 3 is 2.85 bits per heavy atom. The summed E-state index contributed by atoms with van der Waals surface area (Å²) in [5, 5.41) is 0. The van der Waals surface area contributed by atoms with E-state index < -0.39 is 0 Å². The zero-order valence-corrected chi connectivity index (χ0v) is 8.20. The highest BCUT2D eigenvalue weighted by Gasteiger charge is 2.37. The van der Waals surface area contributed by atoms with Gasteiger partial charge in [-0.3, -0.25) is 4.79 Å². The monoisotopic (exact) mass is 182 g/mol. The Labute approximate surface area is 79.3 Å². The summed E-state index contributed by atoms with van der Waals surface area (Å²) >= 11 is 0. The van der Waals surface area contributed by atoms with Crippen LogP contribution in [0, 0.1) is 0 Å². The number of hydrogen-bond acceptors (Lipinski definition) is 2. The smallest absolute Gasteiger partial charge is 0.239 e. The number of nitrogens with zero attached hydrogens (tertiary/aromatic N) is 1. The maximum Gasteiger partial charge on any atom is 0.239 e. The molecule has 2 unspecified atom stereocenters. The van der Waals surface area contributed by atoms with Gasteiger partial charge in [0.2, 0.25) is 5.91 Å². The first-order chi connectivity index (χ1) is 6.20. The van der Waals surface area contributed by atoms with Crippen molar-refractivity contribution in [1.29, 1.82) is 0 Å². The van der Waals surface area contributed by atoms with Gasteiger partial charge in [0.15, 0.2) is 0 Å². The molecule has 3 atom stereocenters. The summed E-state index contributed by atoms with van der Waals surface area (Å²) in [5.41, 5.74) is 5.81. The van der Waals surface area contributed by atoms with Crippen LogP contribution in [-0.2, 0) is 4.79 Å². The summed E-state index contributed by atoms with van der Waals surface area (Å²) in [4.78, 5) is 13.9. The largest absolute Gasteiger partial charge is 0.336 e. The van der Waals surface area contributed by atoms with Crippen LogP contribution in [0.3, 0.4) is 0 Å². The lowest BCUT2D eigenvalue weighted by molar-refractivity contribution is -0.134. The minimum atomic E-state index is -0.231. The van der Waals surface area contributed by atoms with Crippen molar-refractivity contribution in [1.82, 2.24) is 4.90 Å². The minimum absolute atomic E-state index is 0.188. The van der Waals surface area contributed by atoms with E-state index in [9.17, 15) is 4.79 Å². The molecular formula is C10H18N2O. The van der Waals surface area contributed by atoms with Gasteiger partial charge in [0.05, 0.1) is 6.04 Å². The summed E-state index contributed by atoms with van der Waals surface area (Å²) < 4.78 is 0. The third-order valence-electron chi connectivity index (χ3n) is 3.41. The molecule has 2 saturated heterocycles. The van der Waals surface area contributed by atoms with Crippen LogP contribution in [0.2, 0.25) is 0 Å². The molecule has 0 aromatic rings. The van der Waals surface area contributed by atoms with Crippen LogP contribution in [-0.4, -0.2) is 28.9 Å². The van der Waals surface area contributed by atoms with Gasteiger partial charge in [-0.15, -0.1) is 0 Å². The van der Waals surface area contributed by atoms with Crippen molar-refractivity contribution in [2.24, 2.45) is 5.73 Å². The van der Waals surface area contributed by atoms with E-state index in [1.165, 1.54) is 6.42 Å². The molecule has 0 spiro atoms. The number of rotatable bonds is 0. The topological polar surface area (TPSA) is 46.3 Å². The van der Waals surface area contributed by atoms with Crippen molar-refractivity contribution in [3.05, 3.63) is 0 Å². The van der Waals surface area contributed by atoms with Crippen molar-refractivity contribution in [2.45, 2.75) is 57.2 Å². The minimum Gasteiger partial charge on any atom is -0.336 e. The number of amides is 1. The maximum absolute atomic E-state index is 11.8. The van der Waals surface area contributed by atoms with Gasteiger partial charge in [0.25, 0.3) is 0 Å². The molecule has 2 N–H and O–H groups in total. The maximum atomic E-state index is 11.8. The summed E-state index contributed by atoms with van der Waals surface area (Å²) in [7, 11) is 0. The fourth-order valence-corrected chi connectivity index (χ4v) is 2.64. The Morgan fingerprint density at radius 1 is 1.31 bits per heavy atom. The predicted octanol–water partition coefficient (Wildman–Crippen LogP) is 0.877. The highest BCUT2D eigenvalue weighted by molar-refractivity contribution is 5.82. The number of hydrogen-bond donors (Lipinski definition) is 1. The first-order valence-electron chi connectivity index (χ1n) is 5.28. The fraction of sp³-hybridized carbons (Fsp3) is 0.900. The highest BCUT2D eigenvalue weighted by atomic mass is 16.2. The van der Waals surface area contributed by atoms with Gasteiger partial charge in [-0.25, -0.2) is 0 Å². The second kappa shape index (κ2) is 3.29. The second-order valence-corrected chi connectivity index (χ2v) is 4.36. The molecule has 13 heavy (non-hydrogen) atoms. The molecule has 0 radical (unpaired) electrons. The quantitative estimate of drug-likeness (QED) is 0.604. The molecule has 1 amide bonds. The van der Waals surface area contributed by atoms with Gasteiger partial charge in [0.1, 0.15) is 0 Å². The van der Waals surface area contributed by atoms with E-state index in [2.05, 4.69) is 6.92 Å². The van der Waals surface area contributed by atoms with Gasteiger partial charge >= 0.3 is 0 Å². The third-order valence-corrected chi connectivity index (χ3v) is 3.41. The summed E-state index contributed by atoms with van der Waals surface area (Å²) in [6.45, 7) is 2.13. The molecule has 74 valence electrons. The van der Waals surface area contributed by atoms with Crippen LogP contribution in [0.5, 0.6) is 0 Å². The molecule has 2 fully saturated rings. The van der Waals surface area contributed by atoms with Crippen LogP contribution >= 0.6 is 0 Å². The van der Waals surface area contributed by atoms with Crippen molar-refractivity contribution >= 4 is 5.91 Å². The SMILES string of the molecule is C[C@@H]1CCC2CCCC(N)C(=O)N21. The van der Waals surface area contributed by atoms with Crippen LogP contribution < -0.4 is 5.73 Å². The molecule has 2 aliphatic heterocycles.